The summed E-state index contributed by atoms with van der Waals surface area (Å²) in [7, 11) is 1.57. The van der Waals surface area contributed by atoms with E-state index in [4.69, 9.17) is 15.2 Å². The highest BCUT2D eigenvalue weighted by molar-refractivity contribution is 5.81. The van der Waals surface area contributed by atoms with E-state index in [1.807, 2.05) is 6.92 Å². The number of nitrogen functional groups attached to an aromatic ring is 1. The van der Waals surface area contributed by atoms with Crippen molar-refractivity contribution < 1.29 is 14.3 Å². The third-order valence-corrected chi connectivity index (χ3v) is 3.00. The van der Waals surface area contributed by atoms with Gasteiger partial charge in [0, 0.05) is 12.1 Å². The third kappa shape index (κ3) is 4.64. The molecule has 5 heteroatoms. The summed E-state index contributed by atoms with van der Waals surface area (Å²) < 4.78 is 10.7. The zero-order chi connectivity index (χ0) is 15.1. The van der Waals surface area contributed by atoms with Crippen molar-refractivity contribution in [2.24, 2.45) is 0 Å². The number of anilines is 1. The van der Waals surface area contributed by atoms with Crippen LogP contribution in [0.3, 0.4) is 0 Å². The van der Waals surface area contributed by atoms with Crippen molar-refractivity contribution in [3.8, 4) is 11.5 Å². The predicted octanol–water partition coefficient (Wildman–Crippen LogP) is 2.35. The average Bonchev–Trinajstić information content (AvgIpc) is 2.41. The Bertz CT molecular complexity index is 449. The second kappa shape index (κ2) is 7.62. The lowest BCUT2D eigenvalue weighted by Crippen LogP contribution is -2.41. The molecule has 2 unspecified atom stereocenters. The van der Waals surface area contributed by atoms with E-state index in [1.54, 1.807) is 32.2 Å². The van der Waals surface area contributed by atoms with Crippen LogP contribution in [0.2, 0.25) is 0 Å². The van der Waals surface area contributed by atoms with Gasteiger partial charge in [-0.15, -0.1) is 0 Å². The number of carbonyl (C=O) groups is 1. The minimum atomic E-state index is -0.608. The lowest BCUT2D eigenvalue weighted by Gasteiger charge is -2.19. The predicted molar refractivity (Wildman–Crippen MR) is 80.0 cm³/mol. The molecule has 3 N–H and O–H groups in total. The van der Waals surface area contributed by atoms with Crippen LogP contribution in [-0.2, 0) is 4.79 Å². The maximum atomic E-state index is 12.0. The van der Waals surface area contributed by atoms with Gasteiger partial charge in [0.05, 0.1) is 12.8 Å². The number of nitrogens with one attached hydrogen (secondary N) is 1. The van der Waals surface area contributed by atoms with E-state index in [0.717, 1.165) is 12.8 Å². The molecule has 0 aliphatic rings. The van der Waals surface area contributed by atoms with E-state index in [9.17, 15) is 4.79 Å². The second-order valence-electron chi connectivity index (χ2n) is 4.86. The number of rotatable bonds is 7. The van der Waals surface area contributed by atoms with E-state index in [0.29, 0.717) is 17.2 Å². The Kier molecular flexibility index (Phi) is 6.15. The summed E-state index contributed by atoms with van der Waals surface area (Å²) in [5.41, 5.74) is 6.31. The molecule has 0 radical (unpaired) electrons. The van der Waals surface area contributed by atoms with Gasteiger partial charge in [0.25, 0.3) is 5.91 Å². The van der Waals surface area contributed by atoms with Gasteiger partial charge < -0.3 is 20.5 Å². The highest BCUT2D eigenvalue weighted by Gasteiger charge is 2.17. The molecule has 0 aliphatic heterocycles. The van der Waals surface area contributed by atoms with Crippen LogP contribution in [0, 0.1) is 0 Å². The largest absolute Gasteiger partial charge is 0.497 e. The highest BCUT2D eigenvalue weighted by atomic mass is 16.5. The fraction of sp³-hybridized carbons (Fsp3) is 0.533. The van der Waals surface area contributed by atoms with Crippen LogP contribution < -0.4 is 20.5 Å². The summed E-state index contributed by atoms with van der Waals surface area (Å²) in [6.07, 6.45) is 1.36. The molecule has 1 aromatic carbocycles. The number of ether oxygens (including phenoxy) is 2. The van der Waals surface area contributed by atoms with Gasteiger partial charge in [-0.2, -0.15) is 0 Å². The first-order valence-corrected chi connectivity index (χ1v) is 6.88. The smallest absolute Gasteiger partial charge is 0.260 e. The fourth-order valence-electron chi connectivity index (χ4n) is 1.85. The van der Waals surface area contributed by atoms with Crippen molar-refractivity contribution in [1.82, 2.24) is 5.32 Å². The molecule has 0 aromatic heterocycles. The first kappa shape index (κ1) is 16.1. The number of methoxy groups -OCH3 is 1. The number of benzene rings is 1. The van der Waals surface area contributed by atoms with Crippen molar-refractivity contribution in [3.05, 3.63) is 18.2 Å². The minimum absolute atomic E-state index is 0.140. The van der Waals surface area contributed by atoms with Gasteiger partial charge in [0.15, 0.2) is 6.10 Å². The highest BCUT2D eigenvalue weighted by Crippen LogP contribution is 2.27. The van der Waals surface area contributed by atoms with Gasteiger partial charge >= 0.3 is 0 Å². The van der Waals surface area contributed by atoms with Crippen molar-refractivity contribution in [1.29, 1.82) is 0 Å². The quantitative estimate of drug-likeness (QED) is 0.752. The maximum Gasteiger partial charge on any atom is 0.260 e. The van der Waals surface area contributed by atoms with Crippen LogP contribution in [0.1, 0.15) is 33.6 Å². The summed E-state index contributed by atoms with van der Waals surface area (Å²) in [6.45, 7) is 5.76. The van der Waals surface area contributed by atoms with Crippen molar-refractivity contribution in [2.45, 2.75) is 45.8 Å². The van der Waals surface area contributed by atoms with E-state index in [2.05, 4.69) is 12.2 Å². The lowest BCUT2D eigenvalue weighted by molar-refractivity contribution is -0.127. The molecule has 0 aliphatic carbocycles. The number of hydrogen-bond acceptors (Lipinski definition) is 4. The zero-order valence-corrected chi connectivity index (χ0v) is 12.6. The van der Waals surface area contributed by atoms with Crippen molar-refractivity contribution in [3.63, 3.8) is 0 Å². The van der Waals surface area contributed by atoms with Crippen molar-refractivity contribution >= 4 is 11.6 Å². The molecule has 0 saturated heterocycles. The normalized spacial score (nSPS) is 13.4. The number of amides is 1. The van der Waals surface area contributed by atoms with Crippen LogP contribution in [0.15, 0.2) is 18.2 Å². The Balaban J connectivity index is 2.65. The summed E-state index contributed by atoms with van der Waals surface area (Å²) in [5, 5.41) is 2.91. The summed E-state index contributed by atoms with van der Waals surface area (Å²) in [4.78, 5) is 12.0. The number of carbonyl (C=O) groups excluding carboxylic acids is 1. The average molecular weight is 280 g/mol. The molecule has 20 heavy (non-hydrogen) atoms. The van der Waals surface area contributed by atoms with Crippen LogP contribution in [-0.4, -0.2) is 25.2 Å². The Morgan fingerprint density at radius 3 is 2.70 bits per heavy atom. The number of nitrogens with two attached hydrogens (primary N) is 1. The zero-order valence-electron chi connectivity index (χ0n) is 12.6. The van der Waals surface area contributed by atoms with Gasteiger partial charge in [-0.25, -0.2) is 0 Å². The van der Waals surface area contributed by atoms with Crippen LogP contribution in [0.25, 0.3) is 0 Å². The molecule has 1 aromatic rings. The van der Waals surface area contributed by atoms with Crippen LogP contribution in [0.5, 0.6) is 11.5 Å². The standard InChI is InChI=1S/C15H24N2O3/c1-5-6-10(2)17-15(18)11(3)20-14-9-12(19-4)7-8-13(14)16/h7-11H,5-6,16H2,1-4H3,(H,17,18). The van der Waals surface area contributed by atoms with Gasteiger partial charge in [0.1, 0.15) is 11.5 Å². The van der Waals surface area contributed by atoms with E-state index in [-0.39, 0.29) is 11.9 Å². The molecule has 1 rings (SSSR count). The monoisotopic (exact) mass is 280 g/mol. The van der Waals surface area contributed by atoms with Crippen LogP contribution >= 0.6 is 0 Å². The van der Waals surface area contributed by atoms with Gasteiger partial charge in [-0.1, -0.05) is 13.3 Å². The van der Waals surface area contributed by atoms with E-state index < -0.39 is 6.10 Å². The van der Waals surface area contributed by atoms with Crippen LogP contribution in [0.4, 0.5) is 5.69 Å². The topological polar surface area (TPSA) is 73.6 Å². The molecule has 5 nitrogen and oxygen atoms in total. The molecule has 0 saturated carbocycles. The second-order valence-corrected chi connectivity index (χ2v) is 4.86. The Morgan fingerprint density at radius 2 is 2.10 bits per heavy atom. The third-order valence-electron chi connectivity index (χ3n) is 3.00. The number of hydrogen-bond donors (Lipinski definition) is 2. The molecule has 0 bridgehead atoms. The van der Waals surface area contributed by atoms with E-state index >= 15 is 0 Å². The first-order chi connectivity index (χ1) is 9.47. The summed E-state index contributed by atoms with van der Waals surface area (Å²) >= 11 is 0. The van der Waals surface area contributed by atoms with E-state index in [1.165, 1.54) is 0 Å². The molecular weight excluding hydrogens is 256 g/mol. The molecule has 2 atom stereocenters. The minimum Gasteiger partial charge on any atom is -0.497 e. The van der Waals surface area contributed by atoms with Gasteiger partial charge in [-0.3, -0.25) is 4.79 Å². The Morgan fingerprint density at radius 1 is 1.40 bits per heavy atom. The van der Waals surface area contributed by atoms with Crippen molar-refractivity contribution in [2.75, 3.05) is 12.8 Å². The maximum absolute atomic E-state index is 12.0. The first-order valence-electron chi connectivity index (χ1n) is 6.88. The van der Waals surface area contributed by atoms with Gasteiger partial charge in [0.2, 0.25) is 0 Å². The molecule has 0 heterocycles. The molecule has 112 valence electrons. The summed E-state index contributed by atoms with van der Waals surface area (Å²) in [5.74, 6) is 0.949. The Labute approximate surface area is 120 Å². The molecule has 1 amide bonds. The fourth-order valence-corrected chi connectivity index (χ4v) is 1.85. The molecule has 0 spiro atoms. The lowest BCUT2D eigenvalue weighted by atomic mass is 10.2. The molecule has 0 fully saturated rings. The summed E-state index contributed by atoms with van der Waals surface area (Å²) in [6, 6.07) is 5.25. The SMILES string of the molecule is CCCC(C)NC(=O)C(C)Oc1cc(OC)ccc1N. The molecular formula is C15H24N2O3. The van der Waals surface area contributed by atoms with Gasteiger partial charge in [-0.05, 0) is 32.4 Å². The Hall–Kier alpha value is -1.91.